The van der Waals surface area contributed by atoms with Crippen molar-refractivity contribution >= 4 is 33.3 Å². The lowest BCUT2D eigenvalue weighted by atomic mass is 10.0. The van der Waals surface area contributed by atoms with Crippen LogP contribution in [0.15, 0.2) is 71.7 Å². The van der Waals surface area contributed by atoms with E-state index >= 15 is 0 Å². The standard InChI is InChI=1S/C22H19N3O5S/c26-25(27)22-11-19-14-30-13-18(19)10-17(22)12-23-20-8-4-5-9-21(20)24-31(28,29)15-16-6-2-1-3-7-16/h1-12,24H,13-15H2. The zero-order valence-corrected chi connectivity index (χ0v) is 17.2. The summed E-state index contributed by atoms with van der Waals surface area (Å²) < 4.78 is 33.1. The van der Waals surface area contributed by atoms with E-state index in [4.69, 9.17) is 4.74 Å². The van der Waals surface area contributed by atoms with Crippen LogP contribution in [0.25, 0.3) is 0 Å². The Morgan fingerprint density at radius 3 is 2.45 bits per heavy atom. The molecule has 3 aromatic carbocycles. The minimum absolute atomic E-state index is 0.0739. The molecule has 1 N–H and O–H groups in total. The number of hydrogen-bond donors (Lipinski definition) is 1. The number of ether oxygens (including phenoxy) is 1. The molecule has 0 radical (unpaired) electrons. The summed E-state index contributed by atoms with van der Waals surface area (Å²) in [6.45, 7) is 0.740. The SMILES string of the molecule is O=[N+]([O-])c1cc2c(cc1C=Nc1ccccc1NS(=O)(=O)Cc1ccccc1)COC2. The van der Waals surface area contributed by atoms with Crippen LogP contribution in [0.3, 0.4) is 0 Å². The number of hydrogen-bond acceptors (Lipinski definition) is 6. The molecule has 0 aliphatic carbocycles. The number of nitrogens with one attached hydrogen (secondary N) is 1. The maximum absolute atomic E-state index is 12.6. The van der Waals surface area contributed by atoms with Crippen LogP contribution in [-0.4, -0.2) is 19.6 Å². The highest BCUT2D eigenvalue weighted by atomic mass is 32.2. The quantitative estimate of drug-likeness (QED) is 0.336. The number of benzene rings is 3. The third kappa shape index (κ3) is 4.96. The number of nitro benzene ring substituents is 1. The summed E-state index contributed by atoms with van der Waals surface area (Å²) in [7, 11) is -3.67. The number of anilines is 1. The normalized spacial score (nSPS) is 13.3. The fraction of sp³-hybridized carbons (Fsp3) is 0.136. The van der Waals surface area contributed by atoms with E-state index < -0.39 is 14.9 Å². The van der Waals surface area contributed by atoms with Gasteiger partial charge in [0.15, 0.2) is 0 Å². The van der Waals surface area contributed by atoms with E-state index in [-0.39, 0.29) is 11.4 Å². The van der Waals surface area contributed by atoms with Gasteiger partial charge in [-0.2, -0.15) is 0 Å². The van der Waals surface area contributed by atoms with Crippen molar-refractivity contribution in [2.45, 2.75) is 19.0 Å². The summed E-state index contributed by atoms with van der Waals surface area (Å²) in [5.74, 6) is -0.178. The average Bonchev–Trinajstić information content (AvgIpc) is 3.20. The molecule has 0 spiro atoms. The Morgan fingerprint density at radius 2 is 1.71 bits per heavy atom. The molecule has 0 atom stereocenters. The van der Waals surface area contributed by atoms with Gasteiger partial charge in [-0.25, -0.2) is 8.42 Å². The van der Waals surface area contributed by atoms with Crippen LogP contribution < -0.4 is 4.72 Å². The molecule has 0 amide bonds. The summed E-state index contributed by atoms with van der Waals surface area (Å²) in [5.41, 5.74) is 3.23. The van der Waals surface area contributed by atoms with Crippen LogP contribution in [0, 0.1) is 10.1 Å². The molecule has 1 aliphatic rings. The van der Waals surface area contributed by atoms with Crippen molar-refractivity contribution in [2.24, 2.45) is 4.99 Å². The second kappa shape index (κ2) is 8.66. The fourth-order valence-corrected chi connectivity index (χ4v) is 4.52. The van der Waals surface area contributed by atoms with Gasteiger partial charge in [-0.1, -0.05) is 42.5 Å². The number of nitrogens with zero attached hydrogens (tertiary/aromatic N) is 2. The largest absolute Gasteiger partial charge is 0.372 e. The maximum atomic E-state index is 12.6. The Balaban J connectivity index is 1.61. The van der Waals surface area contributed by atoms with Gasteiger partial charge < -0.3 is 4.74 Å². The molecule has 31 heavy (non-hydrogen) atoms. The number of fused-ring (bicyclic) bond motifs is 1. The summed E-state index contributed by atoms with van der Waals surface area (Å²) in [5, 5.41) is 11.5. The smallest absolute Gasteiger partial charge is 0.278 e. The minimum atomic E-state index is -3.67. The Morgan fingerprint density at radius 1 is 1.03 bits per heavy atom. The van der Waals surface area contributed by atoms with Crippen molar-refractivity contribution in [2.75, 3.05) is 4.72 Å². The van der Waals surface area contributed by atoms with E-state index in [2.05, 4.69) is 9.71 Å². The van der Waals surface area contributed by atoms with Gasteiger partial charge in [-0.15, -0.1) is 0 Å². The van der Waals surface area contributed by atoms with Gasteiger partial charge in [0.25, 0.3) is 5.69 Å². The maximum Gasteiger partial charge on any atom is 0.278 e. The van der Waals surface area contributed by atoms with Crippen LogP contribution in [0.1, 0.15) is 22.3 Å². The zero-order valence-electron chi connectivity index (χ0n) is 16.4. The first-order valence-electron chi connectivity index (χ1n) is 9.47. The molecule has 1 aliphatic heterocycles. The predicted octanol–water partition coefficient (Wildman–Crippen LogP) is 4.32. The van der Waals surface area contributed by atoms with Gasteiger partial charge in [-0.3, -0.25) is 19.8 Å². The van der Waals surface area contributed by atoms with Crippen molar-refractivity contribution in [3.8, 4) is 0 Å². The number of sulfonamides is 1. The first kappa shape index (κ1) is 20.7. The molecule has 1 heterocycles. The molecule has 0 saturated carbocycles. The highest BCUT2D eigenvalue weighted by Gasteiger charge is 2.20. The summed E-state index contributed by atoms with van der Waals surface area (Å²) in [4.78, 5) is 15.3. The van der Waals surface area contributed by atoms with Gasteiger partial charge in [0.05, 0.1) is 40.8 Å². The lowest BCUT2D eigenvalue weighted by Crippen LogP contribution is -2.15. The third-order valence-electron chi connectivity index (χ3n) is 4.77. The van der Waals surface area contributed by atoms with E-state index in [0.29, 0.717) is 35.7 Å². The first-order chi connectivity index (χ1) is 14.9. The molecule has 0 saturated heterocycles. The molecule has 8 nitrogen and oxygen atoms in total. The Kier molecular flexibility index (Phi) is 5.79. The van der Waals surface area contributed by atoms with Gasteiger partial charge in [0.2, 0.25) is 10.0 Å². The van der Waals surface area contributed by atoms with Crippen molar-refractivity contribution in [1.29, 1.82) is 0 Å². The zero-order chi connectivity index (χ0) is 21.8. The van der Waals surface area contributed by atoms with Crippen LogP contribution in [0.5, 0.6) is 0 Å². The molecule has 0 bridgehead atoms. The number of nitro groups is 1. The minimum Gasteiger partial charge on any atom is -0.372 e. The highest BCUT2D eigenvalue weighted by molar-refractivity contribution is 7.91. The second-order valence-electron chi connectivity index (χ2n) is 7.05. The number of aliphatic imine (C=N–C) groups is 1. The molecule has 9 heteroatoms. The van der Waals surface area contributed by atoms with E-state index in [1.165, 1.54) is 12.3 Å². The van der Waals surface area contributed by atoms with Crippen LogP contribution in [0.4, 0.5) is 17.1 Å². The molecule has 4 rings (SSSR count). The molecule has 158 valence electrons. The molecule has 3 aromatic rings. The van der Waals surface area contributed by atoms with E-state index in [0.717, 1.165) is 11.1 Å². The summed E-state index contributed by atoms with van der Waals surface area (Å²) in [6, 6.07) is 18.7. The number of para-hydroxylation sites is 2. The van der Waals surface area contributed by atoms with Crippen molar-refractivity contribution < 1.29 is 18.1 Å². The van der Waals surface area contributed by atoms with Crippen LogP contribution in [0.2, 0.25) is 0 Å². The van der Waals surface area contributed by atoms with Crippen molar-refractivity contribution in [1.82, 2.24) is 0 Å². The molecular formula is C22H19N3O5S. The molecule has 0 fully saturated rings. The topological polar surface area (TPSA) is 111 Å². The van der Waals surface area contributed by atoms with Gasteiger partial charge in [-0.05, 0) is 34.9 Å². The van der Waals surface area contributed by atoms with Crippen LogP contribution in [-0.2, 0) is 33.7 Å². The second-order valence-corrected chi connectivity index (χ2v) is 8.77. The lowest BCUT2D eigenvalue weighted by molar-refractivity contribution is -0.385. The van der Waals surface area contributed by atoms with Crippen molar-refractivity contribution in [3.05, 3.63) is 99.1 Å². The lowest BCUT2D eigenvalue weighted by Gasteiger charge is -2.10. The van der Waals surface area contributed by atoms with E-state index in [1.807, 2.05) is 6.07 Å². The van der Waals surface area contributed by atoms with E-state index in [1.54, 1.807) is 54.6 Å². The van der Waals surface area contributed by atoms with Gasteiger partial charge >= 0.3 is 0 Å². The monoisotopic (exact) mass is 437 g/mol. The summed E-state index contributed by atoms with van der Waals surface area (Å²) >= 11 is 0. The number of rotatable bonds is 7. The average molecular weight is 437 g/mol. The van der Waals surface area contributed by atoms with Crippen LogP contribution >= 0.6 is 0 Å². The van der Waals surface area contributed by atoms with Crippen molar-refractivity contribution in [3.63, 3.8) is 0 Å². The summed E-state index contributed by atoms with van der Waals surface area (Å²) in [6.07, 6.45) is 1.38. The highest BCUT2D eigenvalue weighted by Crippen LogP contribution is 2.30. The third-order valence-corrected chi connectivity index (χ3v) is 6.02. The first-order valence-corrected chi connectivity index (χ1v) is 11.1. The van der Waals surface area contributed by atoms with E-state index in [9.17, 15) is 18.5 Å². The Hall–Kier alpha value is -3.56. The molecular weight excluding hydrogens is 418 g/mol. The Bertz CT molecular complexity index is 1260. The Labute approximate surface area is 179 Å². The predicted molar refractivity (Wildman–Crippen MR) is 118 cm³/mol. The fourth-order valence-electron chi connectivity index (χ4n) is 3.31. The molecule has 0 aromatic heterocycles. The van der Waals surface area contributed by atoms with Gasteiger partial charge in [0, 0.05) is 12.3 Å². The van der Waals surface area contributed by atoms with Gasteiger partial charge in [0.1, 0.15) is 0 Å². The molecule has 0 unspecified atom stereocenters.